The summed E-state index contributed by atoms with van der Waals surface area (Å²) in [4.78, 5) is 34.8. The van der Waals surface area contributed by atoms with E-state index in [0.29, 0.717) is 12.0 Å². The molecule has 3 aliphatic rings. The van der Waals surface area contributed by atoms with Gasteiger partial charge in [-0.3, -0.25) is 0 Å². The predicted octanol–water partition coefficient (Wildman–Crippen LogP) is 1.04. The Morgan fingerprint density at radius 1 is 1.29 bits per heavy atom. The predicted molar refractivity (Wildman–Crippen MR) is 80.7 cm³/mol. The lowest BCUT2D eigenvalue weighted by atomic mass is 9.46. The summed E-state index contributed by atoms with van der Waals surface area (Å²) in [5.74, 6) is -4.08. The van der Waals surface area contributed by atoms with E-state index in [0.717, 1.165) is 12.8 Å². The Kier molecular flexibility index (Phi) is 3.57. The molecule has 1 saturated heterocycles. The molecule has 132 valence electrons. The van der Waals surface area contributed by atoms with Crippen molar-refractivity contribution in [2.45, 2.75) is 51.7 Å². The van der Waals surface area contributed by atoms with Gasteiger partial charge in [0, 0.05) is 16.9 Å². The molecule has 1 saturated carbocycles. The molecule has 0 bridgehead atoms. The third-order valence-electron chi connectivity index (χ3n) is 6.10. The molecule has 7 nitrogen and oxygen atoms in total. The number of carboxylic acid groups (broad SMARTS) is 1. The van der Waals surface area contributed by atoms with Crippen LogP contribution < -0.4 is 0 Å². The molecule has 3 rings (SSSR count). The number of aliphatic carboxylic acids is 1. The molecule has 0 aromatic rings. The van der Waals surface area contributed by atoms with Crippen molar-refractivity contribution in [1.29, 1.82) is 0 Å². The van der Waals surface area contributed by atoms with Gasteiger partial charge >= 0.3 is 17.9 Å². The van der Waals surface area contributed by atoms with Gasteiger partial charge in [0.25, 0.3) is 0 Å². The standard InChI is InChI=1S/C17H22O7/c1-15(2)5-4-6-16(3)11(15)10(24-13(20)12(18)19)7-9-8-23-14(21)17(9,16)22/h7,10-11,22H,4-6,8H2,1-3H3,(H,18,19)/t10-,11-,16-,17-/m1/s1. The van der Waals surface area contributed by atoms with Gasteiger partial charge in [0.2, 0.25) is 0 Å². The molecule has 0 unspecified atom stereocenters. The smallest absolute Gasteiger partial charge is 0.417 e. The number of hydrogen-bond donors (Lipinski definition) is 2. The van der Waals surface area contributed by atoms with Gasteiger partial charge in [0.05, 0.1) is 0 Å². The summed E-state index contributed by atoms with van der Waals surface area (Å²) < 4.78 is 10.3. The van der Waals surface area contributed by atoms with Crippen molar-refractivity contribution in [2.75, 3.05) is 6.61 Å². The van der Waals surface area contributed by atoms with Crippen LogP contribution in [0.2, 0.25) is 0 Å². The van der Waals surface area contributed by atoms with Crippen molar-refractivity contribution in [3.05, 3.63) is 11.6 Å². The first-order valence-electron chi connectivity index (χ1n) is 8.09. The number of fused-ring (bicyclic) bond motifs is 3. The SMILES string of the molecule is CC1(C)CCC[C@]2(C)[C@@H]1[C@H](OC(=O)C(=O)O)C=C1COC(=O)[C@]12O. The number of rotatable bonds is 1. The fraction of sp³-hybridized carbons (Fsp3) is 0.706. The van der Waals surface area contributed by atoms with Crippen LogP contribution >= 0.6 is 0 Å². The summed E-state index contributed by atoms with van der Waals surface area (Å²) in [5.41, 5.74) is -2.64. The molecule has 4 atom stereocenters. The third kappa shape index (κ3) is 2.03. The van der Waals surface area contributed by atoms with Gasteiger partial charge < -0.3 is 19.7 Å². The van der Waals surface area contributed by atoms with Crippen LogP contribution in [-0.2, 0) is 23.9 Å². The highest BCUT2D eigenvalue weighted by Crippen LogP contribution is 2.63. The first-order chi connectivity index (χ1) is 11.0. The Balaban J connectivity index is 2.13. The van der Waals surface area contributed by atoms with Gasteiger partial charge in [-0.05, 0) is 24.3 Å². The van der Waals surface area contributed by atoms with E-state index < -0.39 is 40.9 Å². The molecular weight excluding hydrogens is 316 g/mol. The number of carboxylic acids is 1. The second-order valence-electron chi connectivity index (χ2n) is 7.89. The van der Waals surface area contributed by atoms with E-state index in [2.05, 4.69) is 0 Å². The van der Waals surface area contributed by atoms with Gasteiger partial charge in [-0.25, -0.2) is 14.4 Å². The molecule has 2 aliphatic carbocycles. The summed E-state index contributed by atoms with van der Waals surface area (Å²) in [6.07, 6.45) is 2.88. The molecule has 0 aromatic heterocycles. The van der Waals surface area contributed by atoms with Crippen LogP contribution in [0.5, 0.6) is 0 Å². The normalized spacial score (nSPS) is 40.0. The molecule has 1 heterocycles. The van der Waals surface area contributed by atoms with Crippen LogP contribution in [0.3, 0.4) is 0 Å². The van der Waals surface area contributed by atoms with E-state index in [4.69, 9.17) is 14.6 Å². The zero-order chi connectivity index (χ0) is 17.9. The lowest BCUT2D eigenvalue weighted by molar-refractivity contribution is -0.198. The summed E-state index contributed by atoms with van der Waals surface area (Å²) >= 11 is 0. The number of esters is 2. The Labute approximate surface area is 139 Å². The summed E-state index contributed by atoms with van der Waals surface area (Å²) in [5, 5.41) is 20.1. The quantitative estimate of drug-likeness (QED) is 0.417. The van der Waals surface area contributed by atoms with E-state index in [1.165, 1.54) is 6.08 Å². The zero-order valence-electron chi connectivity index (χ0n) is 14.0. The summed E-state index contributed by atoms with van der Waals surface area (Å²) in [6, 6.07) is 0. The van der Waals surface area contributed by atoms with E-state index >= 15 is 0 Å². The topological polar surface area (TPSA) is 110 Å². The van der Waals surface area contributed by atoms with Crippen LogP contribution in [0.4, 0.5) is 0 Å². The van der Waals surface area contributed by atoms with Crippen LogP contribution in [0.1, 0.15) is 40.0 Å². The second kappa shape index (κ2) is 5.05. The number of aliphatic hydroxyl groups is 1. The van der Waals surface area contributed by atoms with Gasteiger partial charge in [-0.2, -0.15) is 0 Å². The first kappa shape index (κ1) is 17.0. The van der Waals surface area contributed by atoms with Crippen LogP contribution in [0, 0.1) is 16.7 Å². The minimum absolute atomic E-state index is 0.0702. The maximum Gasteiger partial charge on any atom is 0.417 e. The number of hydrogen-bond acceptors (Lipinski definition) is 6. The van der Waals surface area contributed by atoms with E-state index in [9.17, 15) is 19.5 Å². The fourth-order valence-corrected chi connectivity index (χ4v) is 5.12. The van der Waals surface area contributed by atoms with E-state index in [1.807, 2.05) is 13.8 Å². The minimum Gasteiger partial charge on any atom is -0.473 e. The van der Waals surface area contributed by atoms with Crippen molar-refractivity contribution in [3.8, 4) is 0 Å². The van der Waals surface area contributed by atoms with Crippen molar-refractivity contribution in [3.63, 3.8) is 0 Å². The maximum absolute atomic E-state index is 12.3. The highest BCUT2D eigenvalue weighted by Gasteiger charge is 2.69. The molecule has 24 heavy (non-hydrogen) atoms. The molecule has 2 N–H and O–H groups in total. The van der Waals surface area contributed by atoms with Crippen molar-refractivity contribution < 1.29 is 34.1 Å². The molecule has 1 aliphatic heterocycles. The molecule has 0 spiro atoms. The molecule has 2 fully saturated rings. The van der Waals surface area contributed by atoms with Gasteiger partial charge in [-0.15, -0.1) is 0 Å². The van der Waals surface area contributed by atoms with Crippen molar-refractivity contribution >= 4 is 17.9 Å². The second-order valence-corrected chi connectivity index (χ2v) is 7.89. The minimum atomic E-state index is -1.75. The average molecular weight is 338 g/mol. The highest BCUT2D eigenvalue weighted by atomic mass is 16.6. The summed E-state index contributed by atoms with van der Waals surface area (Å²) in [7, 11) is 0. The number of cyclic esters (lactones) is 1. The average Bonchev–Trinajstić information content (AvgIpc) is 2.75. The molecule has 0 aromatic carbocycles. The Bertz CT molecular complexity index is 649. The lowest BCUT2D eigenvalue weighted by Crippen LogP contribution is -2.65. The van der Waals surface area contributed by atoms with E-state index in [1.54, 1.807) is 6.92 Å². The lowest BCUT2D eigenvalue weighted by Gasteiger charge is -2.59. The van der Waals surface area contributed by atoms with Gasteiger partial charge in [0.15, 0.2) is 5.60 Å². The highest BCUT2D eigenvalue weighted by molar-refractivity contribution is 6.28. The number of ether oxygens (including phenoxy) is 2. The van der Waals surface area contributed by atoms with Crippen LogP contribution in [0.25, 0.3) is 0 Å². The first-order valence-corrected chi connectivity index (χ1v) is 8.09. The molecule has 0 radical (unpaired) electrons. The van der Waals surface area contributed by atoms with Crippen LogP contribution in [-0.4, -0.2) is 46.4 Å². The van der Waals surface area contributed by atoms with Gasteiger partial charge in [0.1, 0.15) is 12.7 Å². The maximum atomic E-state index is 12.3. The molecule has 7 heteroatoms. The van der Waals surface area contributed by atoms with Crippen molar-refractivity contribution in [2.24, 2.45) is 16.7 Å². The fourth-order valence-electron chi connectivity index (χ4n) is 5.12. The molecular formula is C17H22O7. The molecule has 0 amide bonds. The number of carbonyl (C=O) groups excluding carboxylic acids is 2. The monoisotopic (exact) mass is 338 g/mol. The van der Waals surface area contributed by atoms with E-state index in [-0.39, 0.29) is 12.0 Å². The third-order valence-corrected chi connectivity index (χ3v) is 6.10. The Morgan fingerprint density at radius 2 is 1.96 bits per heavy atom. The zero-order valence-corrected chi connectivity index (χ0v) is 14.0. The Hall–Kier alpha value is -1.89. The largest absolute Gasteiger partial charge is 0.473 e. The van der Waals surface area contributed by atoms with Gasteiger partial charge in [-0.1, -0.05) is 27.2 Å². The van der Waals surface area contributed by atoms with Crippen molar-refractivity contribution in [1.82, 2.24) is 0 Å². The van der Waals surface area contributed by atoms with Crippen LogP contribution in [0.15, 0.2) is 11.6 Å². The summed E-state index contributed by atoms with van der Waals surface area (Å²) in [6.45, 7) is 5.71. The Morgan fingerprint density at radius 3 is 2.58 bits per heavy atom. The number of carbonyl (C=O) groups is 3.